The lowest BCUT2D eigenvalue weighted by molar-refractivity contribution is -0.201. The van der Waals surface area contributed by atoms with Gasteiger partial charge in [-0.2, -0.15) is 0 Å². The van der Waals surface area contributed by atoms with Crippen LogP contribution in [0, 0.1) is 5.92 Å². The van der Waals surface area contributed by atoms with Gasteiger partial charge in [0.25, 0.3) is 0 Å². The maximum absolute atomic E-state index is 12.6. The fraction of sp³-hybridized carbons (Fsp3) is 0.407. The van der Waals surface area contributed by atoms with Crippen molar-refractivity contribution in [3.63, 3.8) is 0 Å². The number of esters is 3. The highest BCUT2D eigenvalue weighted by atomic mass is 16.6. The van der Waals surface area contributed by atoms with Gasteiger partial charge in [-0.25, -0.2) is 4.79 Å². The maximum Gasteiger partial charge on any atom is 0.338 e. The zero-order valence-corrected chi connectivity index (χ0v) is 20.5. The lowest BCUT2D eigenvalue weighted by atomic mass is 9.79. The van der Waals surface area contributed by atoms with E-state index in [1.54, 1.807) is 30.3 Å². The van der Waals surface area contributed by atoms with Crippen molar-refractivity contribution >= 4 is 23.8 Å². The van der Waals surface area contributed by atoms with Crippen molar-refractivity contribution in [2.24, 2.45) is 5.92 Å². The Morgan fingerprint density at radius 1 is 0.806 bits per heavy atom. The molecule has 1 aliphatic carbocycles. The van der Waals surface area contributed by atoms with Gasteiger partial charge >= 0.3 is 17.9 Å². The molecule has 0 unspecified atom stereocenters. The summed E-state index contributed by atoms with van der Waals surface area (Å²) in [6, 6.07) is 17.2. The van der Waals surface area contributed by atoms with E-state index in [0.29, 0.717) is 5.56 Å². The molecule has 1 aliphatic rings. The molecule has 1 saturated carbocycles. The van der Waals surface area contributed by atoms with E-state index in [4.69, 9.17) is 18.9 Å². The van der Waals surface area contributed by atoms with E-state index in [9.17, 15) is 19.2 Å². The molecule has 0 aliphatic heterocycles. The third-order valence-corrected chi connectivity index (χ3v) is 5.78. The van der Waals surface area contributed by atoms with E-state index in [1.165, 1.54) is 20.8 Å². The number of ether oxygens (including phenoxy) is 4. The van der Waals surface area contributed by atoms with Gasteiger partial charge in [0.2, 0.25) is 5.91 Å². The number of amides is 1. The first-order valence-corrected chi connectivity index (χ1v) is 11.7. The highest BCUT2D eigenvalue weighted by Gasteiger charge is 2.50. The van der Waals surface area contributed by atoms with E-state index in [-0.39, 0.29) is 25.5 Å². The lowest BCUT2D eigenvalue weighted by Crippen LogP contribution is -2.62. The molecule has 3 rings (SSSR count). The molecule has 0 spiro atoms. The molecule has 1 fully saturated rings. The summed E-state index contributed by atoms with van der Waals surface area (Å²) in [5, 5.41) is 2.81. The SMILES string of the molecule is CC(=O)N[C@@H]1C[C@H](COC(=O)c2ccccc2)[C@@H](OC(C)=O)[C@H](OCc2ccccc2)[C@H]1OC(C)=O. The molecule has 2 aromatic carbocycles. The lowest BCUT2D eigenvalue weighted by Gasteiger charge is -2.45. The van der Waals surface area contributed by atoms with Crippen LogP contribution in [0.2, 0.25) is 0 Å². The predicted molar refractivity (Wildman–Crippen MR) is 129 cm³/mol. The number of benzene rings is 2. The van der Waals surface area contributed by atoms with Crippen LogP contribution in [-0.2, 0) is 39.9 Å². The van der Waals surface area contributed by atoms with Crippen LogP contribution in [0.15, 0.2) is 60.7 Å². The Kier molecular flexibility index (Phi) is 9.58. The third kappa shape index (κ3) is 7.64. The Hall–Kier alpha value is -3.72. The van der Waals surface area contributed by atoms with Crippen molar-refractivity contribution in [3.8, 4) is 0 Å². The van der Waals surface area contributed by atoms with Crippen LogP contribution in [0.1, 0.15) is 43.1 Å². The number of rotatable bonds is 9. The van der Waals surface area contributed by atoms with Gasteiger partial charge in [0.1, 0.15) is 12.2 Å². The summed E-state index contributed by atoms with van der Waals surface area (Å²) in [5.41, 5.74) is 1.24. The maximum atomic E-state index is 12.6. The van der Waals surface area contributed by atoms with Crippen LogP contribution < -0.4 is 5.32 Å². The standard InChI is InChI=1S/C27H31NO8/c1-17(29)28-23-14-22(16-34-27(32)21-12-8-5-9-13-21)24(35-18(2)30)26(25(23)36-19(3)31)33-15-20-10-6-4-7-11-20/h4-13,22-26H,14-16H2,1-3H3,(H,28,29)/t22-,23-,24-,25+,26+/m1/s1. The smallest absolute Gasteiger partial charge is 0.338 e. The molecule has 1 N–H and O–H groups in total. The predicted octanol–water partition coefficient (Wildman–Crippen LogP) is 2.82. The molecule has 5 atom stereocenters. The fourth-order valence-electron chi connectivity index (χ4n) is 4.34. The van der Waals surface area contributed by atoms with Crippen molar-refractivity contribution in [2.45, 2.75) is 58.2 Å². The van der Waals surface area contributed by atoms with Crippen LogP contribution in [-0.4, -0.2) is 54.8 Å². The van der Waals surface area contributed by atoms with Gasteiger partial charge in [0.15, 0.2) is 6.10 Å². The molecule has 0 heterocycles. The fourth-order valence-corrected chi connectivity index (χ4v) is 4.34. The monoisotopic (exact) mass is 497 g/mol. The molecule has 9 heteroatoms. The number of hydrogen-bond acceptors (Lipinski definition) is 8. The van der Waals surface area contributed by atoms with Crippen LogP contribution in [0.3, 0.4) is 0 Å². The quantitative estimate of drug-likeness (QED) is 0.415. The Balaban J connectivity index is 1.89. The zero-order valence-electron chi connectivity index (χ0n) is 20.5. The number of hydrogen-bond donors (Lipinski definition) is 1. The van der Waals surface area contributed by atoms with Crippen molar-refractivity contribution in [1.82, 2.24) is 5.32 Å². The molecule has 0 bridgehead atoms. The Morgan fingerprint density at radius 3 is 1.97 bits per heavy atom. The second-order valence-electron chi connectivity index (χ2n) is 8.68. The van der Waals surface area contributed by atoms with Gasteiger partial charge in [0.05, 0.1) is 24.8 Å². The van der Waals surface area contributed by atoms with Crippen LogP contribution in [0.5, 0.6) is 0 Å². The van der Waals surface area contributed by atoms with Crippen molar-refractivity contribution < 1.29 is 38.1 Å². The van der Waals surface area contributed by atoms with Crippen LogP contribution in [0.25, 0.3) is 0 Å². The molecule has 1 amide bonds. The average molecular weight is 498 g/mol. The van der Waals surface area contributed by atoms with Gasteiger partial charge in [-0.1, -0.05) is 48.5 Å². The molecule has 0 radical (unpaired) electrons. The summed E-state index contributed by atoms with van der Waals surface area (Å²) in [4.78, 5) is 48.6. The first-order chi connectivity index (χ1) is 17.2. The van der Waals surface area contributed by atoms with E-state index < -0.39 is 48.2 Å². The second kappa shape index (κ2) is 12.8. The van der Waals surface area contributed by atoms with E-state index in [2.05, 4.69) is 5.32 Å². The van der Waals surface area contributed by atoms with Gasteiger partial charge in [-0.3, -0.25) is 14.4 Å². The van der Waals surface area contributed by atoms with E-state index >= 15 is 0 Å². The molecule has 9 nitrogen and oxygen atoms in total. The highest BCUT2D eigenvalue weighted by molar-refractivity contribution is 5.89. The summed E-state index contributed by atoms with van der Waals surface area (Å²) in [7, 11) is 0. The number of carbonyl (C=O) groups excluding carboxylic acids is 4. The molecular weight excluding hydrogens is 466 g/mol. The minimum Gasteiger partial charge on any atom is -0.462 e. The second-order valence-corrected chi connectivity index (χ2v) is 8.68. The minimum absolute atomic E-state index is 0.0975. The molecule has 36 heavy (non-hydrogen) atoms. The van der Waals surface area contributed by atoms with Crippen LogP contribution in [0.4, 0.5) is 0 Å². The molecule has 0 saturated heterocycles. The zero-order chi connectivity index (χ0) is 26.1. The van der Waals surface area contributed by atoms with E-state index in [1.807, 2.05) is 30.3 Å². The summed E-state index contributed by atoms with van der Waals surface area (Å²) < 4.78 is 23.0. The first kappa shape index (κ1) is 26.9. The summed E-state index contributed by atoms with van der Waals surface area (Å²) in [6.45, 7) is 3.92. The van der Waals surface area contributed by atoms with Gasteiger partial charge < -0.3 is 24.3 Å². The Bertz CT molecular complexity index is 1040. The normalized spacial score (nSPS) is 23.2. The van der Waals surface area contributed by atoms with E-state index in [0.717, 1.165) is 5.56 Å². The van der Waals surface area contributed by atoms with Gasteiger partial charge in [0, 0.05) is 26.7 Å². The highest BCUT2D eigenvalue weighted by Crippen LogP contribution is 2.33. The minimum atomic E-state index is -0.930. The number of carbonyl (C=O) groups is 4. The first-order valence-electron chi connectivity index (χ1n) is 11.7. The largest absolute Gasteiger partial charge is 0.462 e. The van der Waals surface area contributed by atoms with Gasteiger partial charge in [-0.15, -0.1) is 0 Å². The Morgan fingerprint density at radius 2 is 1.39 bits per heavy atom. The third-order valence-electron chi connectivity index (χ3n) is 5.78. The summed E-state index contributed by atoms with van der Waals surface area (Å²) >= 11 is 0. The molecule has 192 valence electrons. The van der Waals surface area contributed by atoms with Crippen LogP contribution >= 0.6 is 0 Å². The topological polar surface area (TPSA) is 117 Å². The molecular formula is C27H31NO8. The van der Waals surface area contributed by atoms with Crippen molar-refractivity contribution in [3.05, 3.63) is 71.8 Å². The molecule has 2 aromatic rings. The molecule has 0 aromatic heterocycles. The van der Waals surface area contributed by atoms with Gasteiger partial charge in [-0.05, 0) is 24.1 Å². The summed E-state index contributed by atoms with van der Waals surface area (Å²) in [5.74, 6) is -2.53. The van der Waals surface area contributed by atoms with Crippen molar-refractivity contribution in [2.75, 3.05) is 6.61 Å². The van der Waals surface area contributed by atoms with Crippen molar-refractivity contribution in [1.29, 1.82) is 0 Å². The Labute approximate surface area is 210 Å². The summed E-state index contributed by atoms with van der Waals surface area (Å²) in [6.07, 6.45) is -2.53. The number of nitrogens with one attached hydrogen (secondary N) is 1. The average Bonchev–Trinajstić information content (AvgIpc) is 2.84.